The molecule has 0 saturated carbocycles. The van der Waals surface area contributed by atoms with Crippen LogP contribution in [0.3, 0.4) is 0 Å². The van der Waals surface area contributed by atoms with Crippen LogP contribution in [0.1, 0.15) is 25.5 Å². The smallest absolute Gasteiger partial charge is 0.239 e. The maximum absolute atomic E-state index is 11.5. The predicted octanol–water partition coefficient (Wildman–Crippen LogP) is -0.302. The molecule has 0 aliphatic carbocycles. The Morgan fingerprint density at radius 1 is 1.27 bits per heavy atom. The number of nitrogens with two attached hydrogens (primary N) is 1. The number of amides is 2. The van der Waals surface area contributed by atoms with Crippen LogP contribution >= 0.6 is 0 Å². The molecule has 0 fully saturated rings. The quantitative estimate of drug-likeness (QED) is 0.526. The monoisotopic (exact) mass is 309 g/mol. The molecule has 5 N–H and O–H groups in total. The van der Waals surface area contributed by atoms with E-state index in [1.54, 1.807) is 24.3 Å². The fourth-order valence-electron chi connectivity index (χ4n) is 1.71. The van der Waals surface area contributed by atoms with Crippen molar-refractivity contribution >= 4 is 11.8 Å². The fraction of sp³-hybridized carbons (Fsp3) is 0.467. The second kappa shape index (κ2) is 9.01. The first-order chi connectivity index (χ1) is 10.4. The van der Waals surface area contributed by atoms with Gasteiger partial charge in [-0.3, -0.25) is 9.59 Å². The second-order valence-corrected chi connectivity index (χ2v) is 5.04. The highest BCUT2D eigenvalue weighted by Crippen LogP contribution is 2.19. The van der Waals surface area contributed by atoms with E-state index in [-0.39, 0.29) is 25.7 Å². The van der Waals surface area contributed by atoms with E-state index >= 15 is 0 Å². The van der Waals surface area contributed by atoms with Crippen molar-refractivity contribution in [1.82, 2.24) is 10.6 Å². The number of benzene rings is 1. The second-order valence-electron chi connectivity index (χ2n) is 5.04. The Balaban J connectivity index is 2.46. The summed E-state index contributed by atoms with van der Waals surface area (Å²) in [5.74, 6) is -0.141. The number of hydrogen-bond donors (Lipinski definition) is 4. The normalized spacial score (nSPS) is 11.9. The Hall–Kier alpha value is -2.12. The van der Waals surface area contributed by atoms with Gasteiger partial charge in [0.05, 0.1) is 25.3 Å². The molecular formula is C15H23N3O4. The van der Waals surface area contributed by atoms with E-state index in [0.717, 1.165) is 0 Å². The molecule has 0 radical (unpaired) electrons. The van der Waals surface area contributed by atoms with Crippen LogP contribution in [-0.4, -0.2) is 42.7 Å². The third kappa shape index (κ3) is 6.55. The highest BCUT2D eigenvalue weighted by atomic mass is 16.5. The Labute approximate surface area is 129 Å². The van der Waals surface area contributed by atoms with Gasteiger partial charge in [0.15, 0.2) is 0 Å². The highest BCUT2D eigenvalue weighted by Gasteiger charge is 2.11. The average Bonchev–Trinajstić information content (AvgIpc) is 2.49. The van der Waals surface area contributed by atoms with Gasteiger partial charge in [-0.1, -0.05) is 12.1 Å². The number of hydrogen-bond acceptors (Lipinski definition) is 5. The molecule has 0 heterocycles. The van der Waals surface area contributed by atoms with E-state index in [2.05, 4.69) is 10.6 Å². The molecule has 0 spiro atoms. The summed E-state index contributed by atoms with van der Waals surface area (Å²) in [4.78, 5) is 22.4. The molecule has 2 amide bonds. The zero-order chi connectivity index (χ0) is 16.5. The van der Waals surface area contributed by atoms with Gasteiger partial charge in [0.2, 0.25) is 11.8 Å². The highest BCUT2D eigenvalue weighted by molar-refractivity contribution is 5.85. The third-order valence-corrected chi connectivity index (χ3v) is 2.74. The van der Waals surface area contributed by atoms with Gasteiger partial charge in [0.25, 0.3) is 0 Å². The summed E-state index contributed by atoms with van der Waals surface area (Å²) in [7, 11) is 0. The standard InChI is InChI=1S/C15H23N3O4/c1-10(2)22-12-5-3-4-11(6-12)13(19)8-17-15(21)9-18-14(20)7-16/h3-6,10,13,19H,7-9,16H2,1-2H3,(H,17,21)(H,18,20). The van der Waals surface area contributed by atoms with Crippen molar-refractivity contribution in [2.24, 2.45) is 5.73 Å². The molecule has 1 atom stereocenters. The van der Waals surface area contributed by atoms with Crippen LogP contribution in [0.2, 0.25) is 0 Å². The fourth-order valence-corrected chi connectivity index (χ4v) is 1.71. The number of aliphatic hydroxyl groups excluding tert-OH is 1. The maximum Gasteiger partial charge on any atom is 0.239 e. The van der Waals surface area contributed by atoms with Crippen LogP contribution in [0, 0.1) is 0 Å². The number of nitrogens with one attached hydrogen (secondary N) is 2. The summed E-state index contributed by atoms with van der Waals surface area (Å²) in [6.07, 6.45) is -0.817. The molecule has 7 heteroatoms. The molecule has 1 aromatic carbocycles. The SMILES string of the molecule is CC(C)Oc1cccc(C(O)CNC(=O)CNC(=O)CN)c1. The van der Waals surface area contributed by atoms with Crippen LogP contribution in [0.15, 0.2) is 24.3 Å². The van der Waals surface area contributed by atoms with Crippen molar-refractivity contribution in [3.05, 3.63) is 29.8 Å². The molecule has 1 aromatic rings. The van der Waals surface area contributed by atoms with Gasteiger partial charge in [0, 0.05) is 6.54 Å². The predicted molar refractivity (Wildman–Crippen MR) is 82.2 cm³/mol. The van der Waals surface area contributed by atoms with E-state index in [1.165, 1.54) is 0 Å². The minimum absolute atomic E-state index is 0.0400. The number of carbonyl (C=O) groups excluding carboxylic acids is 2. The van der Waals surface area contributed by atoms with E-state index in [4.69, 9.17) is 10.5 Å². The molecule has 0 saturated heterocycles. The van der Waals surface area contributed by atoms with E-state index in [0.29, 0.717) is 11.3 Å². The van der Waals surface area contributed by atoms with Gasteiger partial charge < -0.3 is 26.2 Å². The van der Waals surface area contributed by atoms with E-state index < -0.39 is 17.9 Å². The van der Waals surface area contributed by atoms with Crippen molar-refractivity contribution in [3.8, 4) is 5.75 Å². The van der Waals surface area contributed by atoms with Crippen LogP contribution in [0.25, 0.3) is 0 Å². The van der Waals surface area contributed by atoms with Crippen molar-refractivity contribution in [1.29, 1.82) is 0 Å². The lowest BCUT2D eigenvalue weighted by molar-refractivity contribution is -0.125. The zero-order valence-electron chi connectivity index (χ0n) is 12.8. The molecule has 7 nitrogen and oxygen atoms in total. The van der Waals surface area contributed by atoms with E-state index in [9.17, 15) is 14.7 Å². The molecule has 0 aliphatic heterocycles. The topological polar surface area (TPSA) is 114 Å². The maximum atomic E-state index is 11.5. The Morgan fingerprint density at radius 3 is 2.64 bits per heavy atom. The number of ether oxygens (including phenoxy) is 1. The van der Waals surface area contributed by atoms with Crippen molar-refractivity contribution < 1.29 is 19.4 Å². The molecule has 0 bridgehead atoms. The molecule has 0 aromatic heterocycles. The van der Waals surface area contributed by atoms with Gasteiger partial charge in [-0.25, -0.2) is 0 Å². The lowest BCUT2D eigenvalue weighted by Crippen LogP contribution is -2.40. The van der Waals surface area contributed by atoms with E-state index in [1.807, 2.05) is 13.8 Å². The van der Waals surface area contributed by atoms with Crippen molar-refractivity contribution in [2.45, 2.75) is 26.1 Å². The third-order valence-electron chi connectivity index (χ3n) is 2.74. The summed E-state index contributed by atoms with van der Waals surface area (Å²) in [6.45, 7) is 3.54. The molecule has 0 aliphatic rings. The lowest BCUT2D eigenvalue weighted by atomic mass is 10.1. The first-order valence-electron chi connectivity index (χ1n) is 7.10. The van der Waals surface area contributed by atoms with Crippen molar-refractivity contribution in [3.63, 3.8) is 0 Å². The van der Waals surface area contributed by atoms with Gasteiger partial charge in [-0.15, -0.1) is 0 Å². The number of rotatable bonds is 8. The molecular weight excluding hydrogens is 286 g/mol. The van der Waals surface area contributed by atoms with Crippen LogP contribution in [-0.2, 0) is 9.59 Å². The minimum atomic E-state index is -0.857. The number of carbonyl (C=O) groups is 2. The van der Waals surface area contributed by atoms with Gasteiger partial charge >= 0.3 is 0 Å². The first-order valence-corrected chi connectivity index (χ1v) is 7.10. The van der Waals surface area contributed by atoms with Crippen LogP contribution < -0.4 is 21.1 Å². The Morgan fingerprint density at radius 2 is 2.00 bits per heavy atom. The summed E-state index contributed by atoms with van der Waals surface area (Å²) in [5, 5.41) is 15.0. The average molecular weight is 309 g/mol. The lowest BCUT2D eigenvalue weighted by Gasteiger charge is -2.15. The van der Waals surface area contributed by atoms with Crippen LogP contribution in [0.4, 0.5) is 0 Å². The van der Waals surface area contributed by atoms with Gasteiger partial charge in [-0.05, 0) is 31.5 Å². The largest absolute Gasteiger partial charge is 0.491 e. The molecule has 22 heavy (non-hydrogen) atoms. The number of aliphatic hydroxyl groups is 1. The first kappa shape index (κ1) is 17.9. The van der Waals surface area contributed by atoms with Gasteiger partial charge in [0.1, 0.15) is 5.75 Å². The zero-order valence-corrected chi connectivity index (χ0v) is 12.8. The van der Waals surface area contributed by atoms with Crippen molar-refractivity contribution in [2.75, 3.05) is 19.6 Å². The van der Waals surface area contributed by atoms with Gasteiger partial charge in [-0.2, -0.15) is 0 Å². The minimum Gasteiger partial charge on any atom is -0.491 e. The molecule has 1 rings (SSSR count). The van der Waals surface area contributed by atoms with Crippen LogP contribution in [0.5, 0.6) is 5.75 Å². The summed E-state index contributed by atoms with van der Waals surface area (Å²) < 4.78 is 5.55. The molecule has 122 valence electrons. The summed E-state index contributed by atoms with van der Waals surface area (Å²) >= 11 is 0. The summed E-state index contributed by atoms with van der Waals surface area (Å²) in [5.41, 5.74) is 5.75. The molecule has 1 unspecified atom stereocenters. The Bertz CT molecular complexity index is 505. The summed E-state index contributed by atoms with van der Waals surface area (Å²) in [6, 6.07) is 7.06. The Kier molecular flexibility index (Phi) is 7.34.